The van der Waals surface area contributed by atoms with Crippen LogP contribution in [0.2, 0.25) is 0 Å². The van der Waals surface area contributed by atoms with Gasteiger partial charge in [0.2, 0.25) is 5.76 Å². The molecule has 0 spiro atoms. The molecule has 7 heteroatoms. The summed E-state index contributed by atoms with van der Waals surface area (Å²) < 4.78 is 23.0. The Morgan fingerprint density at radius 3 is 2.52 bits per heavy atom. The molecule has 0 saturated heterocycles. The molecule has 0 fully saturated rings. The van der Waals surface area contributed by atoms with Crippen LogP contribution in [0.25, 0.3) is 11.0 Å². The van der Waals surface area contributed by atoms with E-state index >= 15 is 0 Å². The van der Waals surface area contributed by atoms with E-state index in [1.807, 2.05) is 61.5 Å². The number of rotatable bonds is 11. The second-order valence-corrected chi connectivity index (χ2v) is 10.1. The molecule has 2 heterocycles. The predicted molar refractivity (Wildman–Crippen MR) is 155 cm³/mol. The third-order valence-corrected chi connectivity index (χ3v) is 7.40. The van der Waals surface area contributed by atoms with Crippen molar-refractivity contribution < 1.29 is 23.4 Å². The first-order valence-electron chi connectivity index (χ1n) is 13.8. The van der Waals surface area contributed by atoms with E-state index in [1.54, 1.807) is 25.2 Å². The maximum absolute atomic E-state index is 13.9. The van der Waals surface area contributed by atoms with Gasteiger partial charge in [0.05, 0.1) is 37.8 Å². The number of nitrogens with zero attached hydrogens (tertiary/aromatic N) is 1. The van der Waals surface area contributed by atoms with Gasteiger partial charge in [-0.25, -0.2) is 0 Å². The highest BCUT2D eigenvalue weighted by Gasteiger charge is 2.42. The van der Waals surface area contributed by atoms with Crippen molar-refractivity contribution in [3.63, 3.8) is 0 Å². The van der Waals surface area contributed by atoms with Gasteiger partial charge in [-0.05, 0) is 67.3 Å². The smallest absolute Gasteiger partial charge is 0.290 e. The SMILES string of the molecule is CCCCCOc1cccc(C2c3c(oc4ccc(C)cc4c3=O)C(=O)N2CCc2ccc(OC)c(OC)c2)c1. The van der Waals surface area contributed by atoms with Crippen molar-refractivity contribution in [1.29, 1.82) is 0 Å². The summed E-state index contributed by atoms with van der Waals surface area (Å²) in [6.45, 7) is 5.08. The third-order valence-electron chi connectivity index (χ3n) is 7.40. The van der Waals surface area contributed by atoms with Gasteiger partial charge in [-0.15, -0.1) is 0 Å². The Balaban J connectivity index is 1.54. The molecule has 5 rings (SSSR count). The Bertz CT molecular complexity index is 1590. The van der Waals surface area contributed by atoms with Gasteiger partial charge in [0, 0.05) is 6.54 Å². The van der Waals surface area contributed by atoms with E-state index in [4.69, 9.17) is 18.6 Å². The van der Waals surface area contributed by atoms with Crippen molar-refractivity contribution in [2.24, 2.45) is 0 Å². The predicted octanol–water partition coefficient (Wildman–Crippen LogP) is 6.48. The number of carbonyl (C=O) groups is 1. The van der Waals surface area contributed by atoms with Crippen LogP contribution < -0.4 is 19.6 Å². The fraction of sp³-hybridized carbons (Fsp3) is 0.333. The quantitative estimate of drug-likeness (QED) is 0.202. The number of fused-ring (bicyclic) bond motifs is 2. The summed E-state index contributed by atoms with van der Waals surface area (Å²) in [7, 11) is 3.19. The molecule has 1 aliphatic rings. The molecule has 1 aromatic heterocycles. The van der Waals surface area contributed by atoms with Gasteiger partial charge in [-0.1, -0.05) is 49.6 Å². The first kappa shape index (κ1) is 27.3. The van der Waals surface area contributed by atoms with Crippen molar-refractivity contribution in [3.8, 4) is 17.2 Å². The van der Waals surface area contributed by atoms with Gasteiger partial charge >= 0.3 is 0 Å². The van der Waals surface area contributed by atoms with Crippen LogP contribution in [-0.2, 0) is 6.42 Å². The minimum atomic E-state index is -0.594. The third kappa shape index (κ3) is 5.28. The van der Waals surface area contributed by atoms with E-state index in [-0.39, 0.29) is 17.1 Å². The zero-order chi connectivity index (χ0) is 28.2. The lowest BCUT2D eigenvalue weighted by Crippen LogP contribution is -2.31. The van der Waals surface area contributed by atoms with Crippen LogP contribution in [0.1, 0.15) is 65.0 Å². The average Bonchev–Trinajstić information content (AvgIpc) is 3.26. The molecule has 1 amide bonds. The first-order valence-corrected chi connectivity index (χ1v) is 13.8. The Labute approximate surface area is 234 Å². The van der Waals surface area contributed by atoms with Crippen molar-refractivity contribution in [3.05, 3.63) is 98.9 Å². The van der Waals surface area contributed by atoms with Crippen LogP contribution in [0.3, 0.4) is 0 Å². The fourth-order valence-corrected chi connectivity index (χ4v) is 5.31. The van der Waals surface area contributed by atoms with E-state index < -0.39 is 6.04 Å². The van der Waals surface area contributed by atoms with Gasteiger partial charge in [0.25, 0.3) is 5.91 Å². The normalized spacial score (nSPS) is 14.4. The summed E-state index contributed by atoms with van der Waals surface area (Å²) in [5, 5.41) is 0.477. The number of hydrogen-bond acceptors (Lipinski definition) is 6. The number of unbranched alkanes of at least 4 members (excludes halogenated alkanes) is 2. The van der Waals surface area contributed by atoms with Crippen molar-refractivity contribution in [2.75, 3.05) is 27.4 Å². The highest BCUT2D eigenvalue weighted by atomic mass is 16.5. The van der Waals surface area contributed by atoms with E-state index in [9.17, 15) is 9.59 Å². The largest absolute Gasteiger partial charge is 0.494 e. The van der Waals surface area contributed by atoms with E-state index in [1.165, 1.54) is 0 Å². The molecule has 4 aromatic rings. The molecular weight excluding hydrogens is 506 g/mol. The van der Waals surface area contributed by atoms with Crippen LogP contribution >= 0.6 is 0 Å². The van der Waals surface area contributed by atoms with E-state index in [0.717, 1.165) is 41.7 Å². The molecular formula is C33H35NO6. The molecule has 208 valence electrons. The van der Waals surface area contributed by atoms with Crippen LogP contribution in [0.15, 0.2) is 69.9 Å². The molecule has 3 aromatic carbocycles. The standard InChI is InChI=1S/C33H35NO6/c1-5-6-7-17-39-24-10-8-9-23(20-24)30-29-31(35)25-18-21(2)11-13-26(25)40-32(29)33(36)34(30)16-15-22-12-14-27(37-3)28(19-22)38-4/h8-14,18-20,30H,5-7,15-17H2,1-4H3. The van der Waals surface area contributed by atoms with Crippen LogP contribution in [0.4, 0.5) is 0 Å². The molecule has 1 atom stereocenters. The lowest BCUT2D eigenvalue weighted by Gasteiger charge is -2.25. The zero-order valence-electron chi connectivity index (χ0n) is 23.5. The minimum absolute atomic E-state index is 0.105. The number of aryl methyl sites for hydroxylation is 1. The molecule has 40 heavy (non-hydrogen) atoms. The number of ether oxygens (including phenoxy) is 3. The number of amides is 1. The fourth-order valence-electron chi connectivity index (χ4n) is 5.31. The summed E-state index contributed by atoms with van der Waals surface area (Å²) in [4.78, 5) is 29.5. The summed E-state index contributed by atoms with van der Waals surface area (Å²) in [5.74, 6) is 1.79. The zero-order valence-corrected chi connectivity index (χ0v) is 23.5. The summed E-state index contributed by atoms with van der Waals surface area (Å²) in [6, 6.07) is 18.3. The monoisotopic (exact) mass is 541 g/mol. The molecule has 0 radical (unpaired) electrons. The summed E-state index contributed by atoms with van der Waals surface area (Å²) in [5.41, 5.74) is 3.35. The van der Waals surface area contributed by atoms with E-state index in [0.29, 0.717) is 47.6 Å². The topological polar surface area (TPSA) is 78.2 Å². The second kappa shape index (κ2) is 11.9. The number of hydrogen-bond donors (Lipinski definition) is 0. The average molecular weight is 542 g/mol. The molecule has 0 aliphatic carbocycles. The maximum Gasteiger partial charge on any atom is 0.290 e. The van der Waals surface area contributed by atoms with Crippen molar-refractivity contribution in [2.45, 2.75) is 45.6 Å². The van der Waals surface area contributed by atoms with Gasteiger partial charge < -0.3 is 23.5 Å². The Morgan fingerprint density at radius 1 is 0.925 bits per heavy atom. The summed E-state index contributed by atoms with van der Waals surface area (Å²) >= 11 is 0. The lowest BCUT2D eigenvalue weighted by molar-refractivity contribution is 0.0729. The lowest BCUT2D eigenvalue weighted by atomic mass is 9.97. The number of carbonyl (C=O) groups excluding carboxylic acids is 1. The molecule has 7 nitrogen and oxygen atoms in total. The Morgan fingerprint density at radius 2 is 1.75 bits per heavy atom. The van der Waals surface area contributed by atoms with Gasteiger partial charge in [-0.2, -0.15) is 0 Å². The van der Waals surface area contributed by atoms with Crippen LogP contribution in [0.5, 0.6) is 17.2 Å². The highest BCUT2D eigenvalue weighted by Crippen LogP contribution is 2.39. The second-order valence-electron chi connectivity index (χ2n) is 10.1. The van der Waals surface area contributed by atoms with Gasteiger partial charge in [0.15, 0.2) is 16.9 Å². The highest BCUT2D eigenvalue weighted by molar-refractivity contribution is 5.99. The van der Waals surface area contributed by atoms with Crippen molar-refractivity contribution in [1.82, 2.24) is 4.90 Å². The molecule has 0 bridgehead atoms. The molecule has 1 aliphatic heterocycles. The first-order chi connectivity index (χ1) is 19.4. The van der Waals surface area contributed by atoms with E-state index in [2.05, 4.69) is 6.92 Å². The van der Waals surface area contributed by atoms with Crippen LogP contribution in [0, 0.1) is 6.92 Å². The number of methoxy groups -OCH3 is 2. The Kier molecular flexibility index (Phi) is 8.10. The molecule has 1 unspecified atom stereocenters. The maximum atomic E-state index is 13.9. The molecule has 0 saturated carbocycles. The Hall–Kier alpha value is -4.26. The minimum Gasteiger partial charge on any atom is -0.494 e. The van der Waals surface area contributed by atoms with Crippen LogP contribution in [-0.4, -0.2) is 38.2 Å². The molecule has 0 N–H and O–H groups in total. The van der Waals surface area contributed by atoms with Crippen molar-refractivity contribution >= 4 is 16.9 Å². The van der Waals surface area contributed by atoms with Gasteiger partial charge in [0.1, 0.15) is 11.3 Å². The van der Waals surface area contributed by atoms with Gasteiger partial charge in [-0.3, -0.25) is 9.59 Å². The number of benzene rings is 3. The summed E-state index contributed by atoms with van der Waals surface area (Å²) in [6.07, 6.45) is 3.73.